The Kier molecular flexibility index (Phi) is 4.30. The average molecular weight is 187 g/mol. The van der Waals surface area contributed by atoms with E-state index in [-0.39, 0.29) is 5.57 Å². The first kappa shape index (κ1) is 11.8. The molecule has 0 fully saturated rings. The van der Waals surface area contributed by atoms with Gasteiger partial charge in [-0.25, -0.2) is 9.59 Å². The van der Waals surface area contributed by atoms with Gasteiger partial charge in [0, 0.05) is 5.57 Å². The highest BCUT2D eigenvalue weighted by atomic mass is 16.6. The summed E-state index contributed by atoms with van der Waals surface area (Å²) in [5, 5.41) is 8.88. The third kappa shape index (κ3) is 3.82. The van der Waals surface area contributed by atoms with Gasteiger partial charge in [0.15, 0.2) is 0 Å². The van der Waals surface area contributed by atoms with Crippen LogP contribution in [0.15, 0.2) is 12.2 Å². The van der Waals surface area contributed by atoms with Crippen LogP contribution in [0.2, 0.25) is 0 Å². The number of nitrogens with two attached hydrogens (primary N) is 1. The standard InChI is InChI=1S/C8H13NO4/c1-4(2)7(11)13-8(12)6(9)5(3)10/h5-6,10H,1,9H2,2-3H3/t5-,6+/m1/s1. The van der Waals surface area contributed by atoms with E-state index in [0.29, 0.717) is 0 Å². The van der Waals surface area contributed by atoms with Gasteiger partial charge in [0.1, 0.15) is 6.04 Å². The van der Waals surface area contributed by atoms with E-state index in [2.05, 4.69) is 11.3 Å². The van der Waals surface area contributed by atoms with Crippen molar-refractivity contribution in [1.29, 1.82) is 0 Å². The molecule has 0 amide bonds. The van der Waals surface area contributed by atoms with Gasteiger partial charge in [-0.1, -0.05) is 6.58 Å². The lowest BCUT2D eigenvalue weighted by Gasteiger charge is -2.12. The van der Waals surface area contributed by atoms with Crippen molar-refractivity contribution >= 4 is 11.9 Å². The summed E-state index contributed by atoms with van der Waals surface area (Å²) in [5.74, 6) is -1.79. The largest absolute Gasteiger partial charge is 0.391 e. The molecule has 0 unspecified atom stereocenters. The molecule has 0 spiro atoms. The van der Waals surface area contributed by atoms with Crippen LogP contribution in [0, 0.1) is 0 Å². The summed E-state index contributed by atoms with van der Waals surface area (Å²) >= 11 is 0. The summed E-state index contributed by atoms with van der Waals surface area (Å²) in [6.07, 6.45) is -1.05. The van der Waals surface area contributed by atoms with Crippen molar-refractivity contribution in [2.24, 2.45) is 5.73 Å². The maximum atomic E-state index is 10.9. The summed E-state index contributed by atoms with van der Waals surface area (Å²) in [4.78, 5) is 21.7. The number of carbonyl (C=O) groups is 2. The van der Waals surface area contributed by atoms with Crippen molar-refractivity contribution in [2.75, 3.05) is 0 Å². The Morgan fingerprint density at radius 2 is 2.00 bits per heavy atom. The summed E-state index contributed by atoms with van der Waals surface area (Å²) in [5.41, 5.74) is 5.30. The minimum absolute atomic E-state index is 0.103. The molecule has 0 aromatic heterocycles. The fourth-order valence-electron chi connectivity index (χ4n) is 0.443. The Balaban J connectivity index is 4.16. The molecule has 3 N–H and O–H groups in total. The van der Waals surface area contributed by atoms with Gasteiger partial charge in [-0.15, -0.1) is 0 Å². The lowest BCUT2D eigenvalue weighted by atomic mass is 10.2. The van der Waals surface area contributed by atoms with E-state index in [1.165, 1.54) is 13.8 Å². The average Bonchev–Trinajstić information content (AvgIpc) is 2.02. The molecule has 0 bridgehead atoms. The summed E-state index contributed by atoms with van der Waals surface area (Å²) in [6, 6.07) is -1.21. The molecule has 0 aromatic carbocycles. The Morgan fingerprint density at radius 3 is 2.31 bits per heavy atom. The van der Waals surface area contributed by atoms with Crippen LogP contribution >= 0.6 is 0 Å². The first-order valence-corrected chi connectivity index (χ1v) is 3.71. The highest BCUT2D eigenvalue weighted by Crippen LogP contribution is 1.97. The molecule has 0 aliphatic heterocycles. The second-order valence-electron chi connectivity index (χ2n) is 2.76. The van der Waals surface area contributed by atoms with Crippen molar-refractivity contribution in [3.8, 4) is 0 Å². The first-order valence-electron chi connectivity index (χ1n) is 3.71. The number of hydrogen-bond acceptors (Lipinski definition) is 5. The maximum absolute atomic E-state index is 10.9. The molecule has 0 aliphatic carbocycles. The molecule has 74 valence electrons. The molecule has 0 aromatic rings. The molecule has 2 atom stereocenters. The van der Waals surface area contributed by atoms with E-state index in [4.69, 9.17) is 10.8 Å². The number of ether oxygens (including phenoxy) is 1. The third-order valence-electron chi connectivity index (χ3n) is 1.33. The number of aliphatic hydroxyl groups is 1. The van der Waals surface area contributed by atoms with Crippen molar-refractivity contribution in [3.05, 3.63) is 12.2 Å². The van der Waals surface area contributed by atoms with Gasteiger partial charge in [0.05, 0.1) is 6.10 Å². The molecule has 5 heteroatoms. The highest BCUT2D eigenvalue weighted by molar-refractivity contribution is 5.96. The zero-order valence-electron chi connectivity index (χ0n) is 7.61. The van der Waals surface area contributed by atoms with Gasteiger partial charge in [-0.05, 0) is 13.8 Å². The molecule has 0 heterocycles. The molecule has 5 nitrogen and oxygen atoms in total. The fourth-order valence-corrected chi connectivity index (χ4v) is 0.443. The first-order chi connectivity index (χ1) is 5.86. The number of carbonyl (C=O) groups excluding carboxylic acids is 2. The number of aliphatic hydroxyl groups excluding tert-OH is 1. The Bertz CT molecular complexity index is 234. The van der Waals surface area contributed by atoms with Crippen molar-refractivity contribution < 1.29 is 19.4 Å². The van der Waals surface area contributed by atoms with E-state index in [1.54, 1.807) is 0 Å². The summed E-state index contributed by atoms with van der Waals surface area (Å²) in [6.45, 7) is 6.02. The van der Waals surface area contributed by atoms with Gasteiger partial charge in [-0.3, -0.25) is 0 Å². The highest BCUT2D eigenvalue weighted by Gasteiger charge is 2.23. The van der Waals surface area contributed by atoms with Crippen LogP contribution in [-0.2, 0) is 14.3 Å². The van der Waals surface area contributed by atoms with E-state index < -0.39 is 24.1 Å². The summed E-state index contributed by atoms with van der Waals surface area (Å²) < 4.78 is 4.27. The zero-order chi connectivity index (χ0) is 10.6. The van der Waals surface area contributed by atoms with Gasteiger partial charge in [-0.2, -0.15) is 0 Å². The van der Waals surface area contributed by atoms with E-state index in [1.807, 2.05) is 0 Å². The lowest BCUT2D eigenvalue weighted by molar-refractivity contribution is -0.159. The number of rotatable bonds is 3. The monoisotopic (exact) mass is 187 g/mol. The van der Waals surface area contributed by atoms with Crippen LogP contribution in [-0.4, -0.2) is 29.2 Å². The van der Waals surface area contributed by atoms with E-state index in [0.717, 1.165) is 0 Å². The SMILES string of the molecule is C=C(C)C(=O)OC(=O)[C@@H](N)[C@@H](C)O. The molecule has 0 saturated heterocycles. The number of hydrogen-bond donors (Lipinski definition) is 2. The van der Waals surface area contributed by atoms with Crippen LogP contribution < -0.4 is 5.73 Å². The fraction of sp³-hybridized carbons (Fsp3) is 0.500. The minimum atomic E-state index is -1.21. The lowest BCUT2D eigenvalue weighted by Crippen LogP contribution is -2.42. The molecule has 13 heavy (non-hydrogen) atoms. The van der Waals surface area contributed by atoms with Crippen LogP contribution in [0.3, 0.4) is 0 Å². The van der Waals surface area contributed by atoms with Crippen LogP contribution in [0.1, 0.15) is 13.8 Å². The second-order valence-corrected chi connectivity index (χ2v) is 2.76. The van der Waals surface area contributed by atoms with Crippen LogP contribution in [0.5, 0.6) is 0 Å². The summed E-state index contributed by atoms with van der Waals surface area (Å²) in [7, 11) is 0. The Morgan fingerprint density at radius 1 is 1.54 bits per heavy atom. The van der Waals surface area contributed by atoms with Gasteiger partial charge in [0.2, 0.25) is 0 Å². The van der Waals surface area contributed by atoms with Crippen molar-refractivity contribution in [1.82, 2.24) is 0 Å². The predicted octanol–water partition coefficient (Wildman–Crippen LogP) is -0.660. The topological polar surface area (TPSA) is 89.6 Å². The molecule has 0 aliphatic rings. The molecular weight excluding hydrogens is 174 g/mol. The van der Waals surface area contributed by atoms with Crippen LogP contribution in [0.25, 0.3) is 0 Å². The molecular formula is C8H13NO4. The Hall–Kier alpha value is -1.20. The smallest absolute Gasteiger partial charge is 0.340 e. The van der Waals surface area contributed by atoms with Gasteiger partial charge >= 0.3 is 11.9 Å². The predicted molar refractivity (Wildman–Crippen MR) is 45.6 cm³/mol. The quantitative estimate of drug-likeness (QED) is 0.348. The normalized spacial score (nSPS) is 14.5. The Labute approximate surface area is 76.2 Å². The molecule has 0 rings (SSSR count). The second kappa shape index (κ2) is 4.74. The van der Waals surface area contributed by atoms with Crippen molar-refractivity contribution in [2.45, 2.75) is 26.0 Å². The van der Waals surface area contributed by atoms with E-state index >= 15 is 0 Å². The maximum Gasteiger partial charge on any atom is 0.340 e. The van der Waals surface area contributed by atoms with Crippen LogP contribution in [0.4, 0.5) is 0 Å². The van der Waals surface area contributed by atoms with Gasteiger partial charge < -0.3 is 15.6 Å². The molecule has 0 radical (unpaired) electrons. The minimum Gasteiger partial charge on any atom is -0.391 e. The van der Waals surface area contributed by atoms with E-state index in [9.17, 15) is 9.59 Å². The van der Waals surface area contributed by atoms with Gasteiger partial charge in [0.25, 0.3) is 0 Å². The number of esters is 2. The van der Waals surface area contributed by atoms with Crippen molar-refractivity contribution in [3.63, 3.8) is 0 Å². The zero-order valence-corrected chi connectivity index (χ0v) is 7.61. The molecule has 0 saturated carbocycles. The third-order valence-corrected chi connectivity index (χ3v) is 1.33.